The van der Waals surface area contributed by atoms with Gasteiger partial charge in [0, 0.05) is 17.4 Å². The number of rotatable bonds is 6. The molecule has 182 valence electrons. The minimum Gasteiger partial charge on any atom is -0.310 e. The number of urea groups is 1. The minimum atomic E-state index is -4.45. The summed E-state index contributed by atoms with van der Waals surface area (Å²) in [6, 6.07) is 7.45. The third kappa shape index (κ3) is 5.64. The largest absolute Gasteiger partial charge is 0.446 e. The normalized spacial score (nSPS) is 15.9. The zero-order valence-electron chi connectivity index (χ0n) is 18.7. The Balaban J connectivity index is 1.85. The van der Waals surface area contributed by atoms with Crippen LogP contribution in [0.15, 0.2) is 41.3 Å². The standard InChI is InChI=1S/C22H22ClF3N4O3S/c1-12(2)18(31)28-17-10-13(9-16(23)27-17)11-29-20(33)30(19(32)21(29,3)4)14-5-7-15(8-6-14)34-22(24,25)26/h5-10,12H,11H2,1-4H3,(H,27,28,31). The number of hydrogen-bond donors (Lipinski definition) is 1. The summed E-state index contributed by atoms with van der Waals surface area (Å²) in [4.78, 5) is 44.6. The van der Waals surface area contributed by atoms with Crippen LogP contribution in [0.2, 0.25) is 5.15 Å². The number of amides is 4. The molecule has 2 heterocycles. The van der Waals surface area contributed by atoms with Crippen molar-refractivity contribution in [1.29, 1.82) is 0 Å². The minimum absolute atomic E-state index is 0.0110. The van der Waals surface area contributed by atoms with Gasteiger partial charge in [-0.25, -0.2) is 14.7 Å². The molecule has 0 unspecified atom stereocenters. The van der Waals surface area contributed by atoms with Crippen molar-refractivity contribution in [3.63, 3.8) is 0 Å². The van der Waals surface area contributed by atoms with E-state index in [-0.39, 0.29) is 51.7 Å². The molecule has 1 saturated heterocycles. The molecule has 0 bridgehead atoms. The molecule has 0 aliphatic carbocycles. The van der Waals surface area contributed by atoms with Crippen LogP contribution >= 0.6 is 23.4 Å². The fourth-order valence-corrected chi connectivity index (χ4v) is 4.05. The molecule has 0 radical (unpaired) electrons. The van der Waals surface area contributed by atoms with E-state index in [9.17, 15) is 27.6 Å². The lowest BCUT2D eigenvalue weighted by atomic mass is 10.0. The number of anilines is 2. The van der Waals surface area contributed by atoms with Gasteiger partial charge in [-0.2, -0.15) is 13.2 Å². The first kappa shape index (κ1) is 25.8. The second-order valence-electron chi connectivity index (χ2n) is 8.44. The summed E-state index contributed by atoms with van der Waals surface area (Å²) >= 11 is 5.81. The summed E-state index contributed by atoms with van der Waals surface area (Å²) in [5, 5.41) is 2.75. The van der Waals surface area contributed by atoms with Gasteiger partial charge in [0.05, 0.1) is 5.69 Å². The molecule has 1 fully saturated rings. The average Bonchev–Trinajstić information content (AvgIpc) is 2.87. The van der Waals surface area contributed by atoms with E-state index < -0.39 is 23.0 Å². The molecule has 34 heavy (non-hydrogen) atoms. The lowest BCUT2D eigenvalue weighted by molar-refractivity contribution is -0.123. The van der Waals surface area contributed by atoms with Crippen LogP contribution in [0.25, 0.3) is 0 Å². The molecule has 4 amide bonds. The molecule has 2 aromatic rings. The van der Waals surface area contributed by atoms with Crippen molar-refractivity contribution in [2.45, 2.75) is 50.2 Å². The van der Waals surface area contributed by atoms with Crippen LogP contribution < -0.4 is 10.2 Å². The van der Waals surface area contributed by atoms with Gasteiger partial charge in [-0.05, 0) is 67.6 Å². The van der Waals surface area contributed by atoms with Crippen LogP contribution in [-0.2, 0) is 16.1 Å². The topological polar surface area (TPSA) is 82.6 Å². The number of imide groups is 1. The van der Waals surface area contributed by atoms with Crippen molar-refractivity contribution in [1.82, 2.24) is 9.88 Å². The summed E-state index contributed by atoms with van der Waals surface area (Å²) in [6.07, 6.45) is 0. The summed E-state index contributed by atoms with van der Waals surface area (Å²) < 4.78 is 37.8. The van der Waals surface area contributed by atoms with Crippen LogP contribution in [-0.4, -0.2) is 38.8 Å². The van der Waals surface area contributed by atoms with Gasteiger partial charge in [0.2, 0.25) is 5.91 Å². The predicted molar refractivity (Wildman–Crippen MR) is 124 cm³/mol. The van der Waals surface area contributed by atoms with Crippen LogP contribution in [0.3, 0.4) is 0 Å². The summed E-state index contributed by atoms with van der Waals surface area (Å²) in [7, 11) is 0. The molecule has 3 rings (SSSR count). The van der Waals surface area contributed by atoms with Crippen molar-refractivity contribution in [2.75, 3.05) is 10.2 Å². The first-order chi connectivity index (χ1) is 15.7. The molecule has 0 atom stereocenters. The van der Waals surface area contributed by atoms with E-state index in [1.165, 1.54) is 35.2 Å². The Kier molecular flexibility index (Phi) is 7.18. The first-order valence-corrected chi connectivity index (χ1v) is 11.4. The van der Waals surface area contributed by atoms with Gasteiger partial charge in [-0.15, -0.1) is 0 Å². The van der Waals surface area contributed by atoms with Gasteiger partial charge in [-0.1, -0.05) is 25.4 Å². The molecule has 1 aromatic heterocycles. The third-order valence-corrected chi connectivity index (χ3v) is 6.06. The fourth-order valence-electron chi connectivity index (χ4n) is 3.28. The highest BCUT2D eigenvalue weighted by atomic mass is 35.5. The molecule has 0 saturated carbocycles. The average molecular weight is 515 g/mol. The smallest absolute Gasteiger partial charge is 0.310 e. The van der Waals surface area contributed by atoms with Gasteiger partial charge < -0.3 is 10.2 Å². The SMILES string of the molecule is CC(C)C(=O)Nc1cc(CN2C(=O)N(c3ccc(SC(F)(F)F)cc3)C(=O)C2(C)C)cc(Cl)n1. The number of carbonyl (C=O) groups excluding carboxylic acids is 3. The number of thioether (sulfide) groups is 1. The highest BCUT2D eigenvalue weighted by Gasteiger charge is 2.51. The van der Waals surface area contributed by atoms with Gasteiger partial charge >= 0.3 is 11.5 Å². The van der Waals surface area contributed by atoms with Crippen LogP contribution in [0.1, 0.15) is 33.3 Å². The Hall–Kier alpha value is -2.79. The maximum atomic E-state index is 13.2. The Morgan fingerprint density at radius 3 is 2.35 bits per heavy atom. The molecular weight excluding hydrogens is 493 g/mol. The van der Waals surface area contributed by atoms with E-state index in [1.54, 1.807) is 33.8 Å². The van der Waals surface area contributed by atoms with Crippen molar-refractivity contribution in [3.8, 4) is 0 Å². The summed E-state index contributed by atoms with van der Waals surface area (Å²) in [6.45, 7) is 6.58. The monoisotopic (exact) mass is 514 g/mol. The van der Waals surface area contributed by atoms with Gasteiger partial charge in [0.1, 0.15) is 16.5 Å². The Bertz CT molecular complexity index is 1120. The van der Waals surface area contributed by atoms with Crippen molar-refractivity contribution < 1.29 is 27.6 Å². The molecule has 1 N–H and O–H groups in total. The zero-order valence-corrected chi connectivity index (χ0v) is 20.3. The Morgan fingerprint density at radius 2 is 1.79 bits per heavy atom. The number of pyridine rings is 1. The number of aromatic nitrogens is 1. The number of alkyl halides is 3. The summed E-state index contributed by atoms with van der Waals surface area (Å²) in [5.41, 5.74) is -4.99. The van der Waals surface area contributed by atoms with E-state index >= 15 is 0 Å². The number of benzene rings is 1. The van der Waals surface area contributed by atoms with Crippen molar-refractivity contribution >= 4 is 52.7 Å². The molecule has 1 aliphatic heterocycles. The molecule has 12 heteroatoms. The van der Waals surface area contributed by atoms with E-state index in [2.05, 4.69) is 10.3 Å². The first-order valence-electron chi connectivity index (χ1n) is 10.2. The van der Waals surface area contributed by atoms with E-state index in [1.807, 2.05) is 0 Å². The van der Waals surface area contributed by atoms with Gasteiger partial charge in [0.25, 0.3) is 5.91 Å². The van der Waals surface area contributed by atoms with E-state index in [0.717, 1.165) is 4.90 Å². The second-order valence-corrected chi connectivity index (χ2v) is 9.96. The van der Waals surface area contributed by atoms with Gasteiger partial charge in [0.15, 0.2) is 0 Å². The number of hydrogen-bond acceptors (Lipinski definition) is 5. The molecular formula is C22H22ClF3N4O3S. The Labute approximate surface area is 203 Å². The van der Waals surface area contributed by atoms with Crippen LogP contribution in [0.5, 0.6) is 0 Å². The van der Waals surface area contributed by atoms with E-state index in [4.69, 9.17) is 11.6 Å². The number of nitrogens with one attached hydrogen (secondary N) is 1. The molecule has 0 spiro atoms. The van der Waals surface area contributed by atoms with Gasteiger partial charge in [-0.3, -0.25) is 9.59 Å². The van der Waals surface area contributed by atoms with Crippen molar-refractivity contribution in [2.24, 2.45) is 5.92 Å². The lowest BCUT2D eigenvalue weighted by Gasteiger charge is -2.28. The number of halogens is 4. The quantitative estimate of drug-likeness (QED) is 0.304. The van der Waals surface area contributed by atoms with Crippen molar-refractivity contribution in [3.05, 3.63) is 47.1 Å². The van der Waals surface area contributed by atoms with Crippen LogP contribution in [0, 0.1) is 5.92 Å². The maximum absolute atomic E-state index is 13.2. The summed E-state index contributed by atoms with van der Waals surface area (Å²) in [5.74, 6) is -0.851. The highest BCUT2D eigenvalue weighted by Crippen LogP contribution is 2.39. The number of nitrogens with zero attached hydrogens (tertiary/aromatic N) is 3. The molecule has 7 nitrogen and oxygen atoms in total. The fraction of sp³-hybridized carbons (Fsp3) is 0.364. The highest BCUT2D eigenvalue weighted by molar-refractivity contribution is 8.00. The van der Waals surface area contributed by atoms with E-state index in [0.29, 0.717) is 5.56 Å². The number of carbonyl (C=O) groups is 3. The second kappa shape index (κ2) is 9.46. The Morgan fingerprint density at radius 1 is 1.18 bits per heavy atom. The van der Waals surface area contributed by atoms with Crippen LogP contribution in [0.4, 0.5) is 29.5 Å². The predicted octanol–water partition coefficient (Wildman–Crippen LogP) is 5.69. The third-order valence-electron chi connectivity index (χ3n) is 5.12. The molecule has 1 aromatic carbocycles. The molecule has 1 aliphatic rings. The maximum Gasteiger partial charge on any atom is 0.446 e. The zero-order chi connectivity index (χ0) is 25.4. The lowest BCUT2D eigenvalue weighted by Crippen LogP contribution is -2.43.